The predicted octanol–water partition coefficient (Wildman–Crippen LogP) is 1.02. The molecule has 0 aromatic rings. The molecule has 0 aliphatic carbocycles. The van der Waals surface area contributed by atoms with Crippen LogP contribution in [0.5, 0.6) is 0 Å². The average molecular weight is 364 g/mol. The zero-order valence-electron chi connectivity index (χ0n) is 15.0. The van der Waals surface area contributed by atoms with E-state index >= 15 is 0 Å². The van der Waals surface area contributed by atoms with E-state index in [-0.39, 0.29) is 24.5 Å². The van der Waals surface area contributed by atoms with Gasteiger partial charge in [-0.2, -0.15) is 0 Å². The second-order valence-electron chi connectivity index (χ2n) is 8.91. The Labute approximate surface area is 151 Å². The Kier molecular flexibility index (Phi) is 3.35. The highest BCUT2D eigenvalue weighted by atomic mass is 16.8. The van der Waals surface area contributed by atoms with E-state index in [0.29, 0.717) is 31.4 Å². The lowest BCUT2D eigenvalue weighted by Gasteiger charge is -2.31. The van der Waals surface area contributed by atoms with Gasteiger partial charge in [0.05, 0.1) is 23.4 Å². The van der Waals surface area contributed by atoms with Crippen molar-refractivity contribution in [2.45, 2.75) is 81.3 Å². The Hall–Kier alpha value is -1.28. The zero-order valence-corrected chi connectivity index (χ0v) is 15.0. The molecule has 5 heterocycles. The monoisotopic (exact) mass is 364 g/mol. The topological polar surface area (TPSA) is 91.3 Å². The van der Waals surface area contributed by atoms with Crippen LogP contribution in [0.3, 0.4) is 0 Å². The summed E-state index contributed by atoms with van der Waals surface area (Å²) in [5, 5.41) is 10.6. The minimum absolute atomic E-state index is 0.0118. The number of allylic oxidation sites excluding steroid dienone is 1. The summed E-state index contributed by atoms with van der Waals surface area (Å²) in [6.07, 6.45) is 1.68. The third-order valence-corrected chi connectivity index (χ3v) is 6.71. The highest BCUT2D eigenvalue weighted by Gasteiger charge is 2.62. The fraction of sp³-hybridized carbons (Fsp3) is 0.789. The van der Waals surface area contributed by atoms with Crippen molar-refractivity contribution >= 4 is 11.8 Å². The molecule has 1 spiro atoms. The van der Waals surface area contributed by atoms with Crippen LogP contribution in [0.1, 0.15) is 46.0 Å². The molecule has 7 heteroatoms. The van der Waals surface area contributed by atoms with E-state index in [9.17, 15) is 14.7 Å². The molecular formula is C19H24O7. The van der Waals surface area contributed by atoms with E-state index in [0.717, 1.165) is 0 Å². The van der Waals surface area contributed by atoms with E-state index in [4.69, 9.17) is 18.9 Å². The number of hydrogen-bond acceptors (Lipinski definition) is 7. The van der Waals surface area contributed by atoms with E-state index in [1.807, 2.05) is 13.8 Å². The van der Waals surface area contributed by atoms with E-state index in [1.54, 1.807) is 6.08 Å². The van der Waals surface area contributed by atoms with Crippen LogP contribution < -0.4 is 0 Å². The standard InChI is InChI=1S/C19H24O7/c1-17-6-12(20)13(25-17)8-19-5-10(18(2,26-19)9-23-19)3-4-11-15(21)14(7-17)24-16(11)22/h4,10,13-15,21H,3,5-9H2,1-2H3/b11-4-/t10?,13-,14?,15-,17?,18+,19-/m0/s1. The number of rotatable bonds is 0. The molecule has 3 unspecified atom stereocenters. The number of aliphatic hydroxyl groups excluding tert-OH is 1. The van der Waals surface area contributed by atoms with Crippen molar-refractivity contribution in [3.05, 3.63) is 11.6 Å². The summed E-state index contributed by atoms with van der Waals surface area (Å²) in [4.78, 5) is 24.8. The molecule has 0 aromatic heterocycles. The lowest BCUT2D eigenvalue weighted by molar-refractivity contribution is -0.184. The Morgan fingerprint density at radius 1 is 1.19 bits per heavy atom. The first-order chi connectivity index (χ1) is 12.2. The fourth-order valence-corrected chi connectivity index (χ4v) is 5.30. The number of carbonyl (C=O) groups is 2. The first-order valence-corrected chi connectivity index (χ1v) is 9.35. The van der Waals surface area contributed by atoms with Crippen LogP contribution in [-0.4, -0.2) is 58.8 Å². The highest BCUT2D eigenvalue weighted by Crippen LogP contribution is 2.54. The van der Waals surface area contributed by atoms with Crippen LogP contribution >= 0.6 is 0 Å². The summed E-state index contributed by atoms with van der Waals surface area (Å²) < 4.78 is 23.7. The van der Waals surface area contributed by atoms with Crippen molar-refractivity contribution in [1.29, 1.82) is 0 Å². The number of carbonyl (C=O) groups excluding carboxylic acids is 2. The summed E-state index contributed by atoms with van der Waals surface area (Å²) in [6.45, 7) is 4.29. The number of hydrogen-bond donors (Lipinski definition) is 1. The Morgan fingerprint density at radius 2 is 2.00 bits per heavy atom. The quantitative estimate of drug-likeness (QED) is 0.642. The molecule has 0 aromatic carbocycles. The van der Waals surface area contributed by atoms with Gasteiger partial charge >= 0.3 is 5.97 Å². The van der Waals surface area contributed by atoms with Gasteiger partial charge in [0.15, 0.2) is 11.6 Å². The van der Waals surface area contributed by atoms with Gasteiger partial charge in [0.25, 0.3) is 0 Å². The van der Waals surface area contributed by atoms with Gasteiger partial charge in [-0.3, -0.25) is 4.79 Å². The van der Waals surface area contributed by atoms with Crippen LogP contribution in [0.4, 0.5) is 0 Å². The normalized spacial score (nSPS) is 55.0. The van der Waals surface area contributed by atoms with E-state index < -0.39 is 41.3 Å². The molecule has 5 aliphatic heterocycles. The first-order valence-electron chi connectivity index (χ1n) is 9.35. The van der Waals surface area contributed by atoms with E-state index in [2.05, 4.69) is 0 Å². The van der Waals surface area contributed by atoms with Gasteiger partial charge in [-0.15, -0.1) is 0 Å². The van der Waals surface area contributed by atoms with Gasteiger partial charge in [0, 0.05) is 25.7 Å². The maximum atomic E-state index is 12.6. The lowest BCUT2D eigenvalue weighted by atomic mass is 9.81. The number of Topliss-reactive ketones (excluding diaryl/α,β-unsaturated/α-hetero) is 1. The van der Waals surface area contributed by atoms with Gasteiger partial charge in [0.2, 0.25) is 0 Å². The molecule has 7 nitrogen and oxygen atoms in total. The summed E-state index contributed by atoms with van der Waals surface area (Å²) >= 11 is 0. The Bertz CT molecular complexity index is 717. The smallest absolute Gasteiger partial charge is 0.336 e. The number of ketones is 1. The van der Waals surface area contributed by atoms with Crippen LogP contribution in [-0.2, 0) is 28.5 Å². The van der Waals surface area contributed by atoms with Gasteiger partial charge < -0.3 is 24.1 Å². The molecule has 1 N–H and O–H groups in total. The summed E-state index contributed by atoms with van der Waals surface area (Å²) in [6, 6.07) is 0. The van der Waals surface area contributed by atoms with Gasteiger partial charge in [-0.25, -0.2) is 4.79 Å². The average Bonchev–Trinajstić information content (AvgIpc) is 3.19. The van der Waals surface area contributed by atoms with E-state index in [1.165, 1.54) is 0 Å². The number of fused-ring (bicyclic) bond motifs is 7. The second-order valence-corrected chi connectivity index (χ2v) is 8.91. The lowest BCUT2D eigenvalue weighted by Crippen LogP contribution is -2.39. The third-order valence-electron chi connectivity index (χ3n) is 6.71. The summed E-state index contributed by atoms with van der Waals surface area (Å²) in [7, 11) is 0. The van der Waals surface area contributed by atoms with Crippen molar-refractivity contribution < 1.29 is 33.6 Å². The molecule has 4 fully saturated rings. The minimum Gasteiger partial charge on any atom is -0.456 e. The van der Waals surface area contributed by atoms with Crippen molar-refractivity contribution in [1.82, 2.24) is 0 Å². The van der Waals surface area contributed by atoms with Gasteiger partial charge in [0.1, 0.15) is 18.3 Å². The molecule has 0 amide bonds. The van der Waals surface area contributed by atoms with Crippen LogP contribution in [0.15, 0.2) is 11.6 Å². The van der Waals surface area contributed by atoms with Gasteiger partial charge in [-0.05, 0) is 26.2 Å². The molecule has 0 saturated carbocycles. The number of ether oxygens (including phenoxy) is 4. The first kappa shape index (κ1) is 16.9. The fourth-order valence-electron chi connectivity index (χ4n) is 5.30. The minimum atomic E-state index is -0.990. The van der Waals surface area contributed by atoms with Crippen LogP contribution in [0.2, 0.25) is 0 Å². The summed E-state index contributed by atoms with van der Waals surface area (Å²) in [5.41, 5.74) is -0.924. The van der Waals surface area contributed by atoms with Crippen LogP contribution in [0.25, 0.3) is 0 Å². The van der Waals surface area contributed by atoms with Crippen molar-refractivity contribution in [2.24, 2.45) is 5.92 Å². The number of aliphatic hydroxyl groups is 1. The summed E-state index contributed by atoms with van der Waals surface area (Å²) in [5.74, 6) is -1.12. The van der Waals surface area contributed by atoms with Crippen molar-refractivity contribution in [3.63, 3.8) is 0 Å². The maximum Gasteiger partial charge on any atom is 0.336 e. The largest absolute Gasteiger partial charge is 0.456 e. The molecule has 7 atom stereocenters. The van der Waals surface area contributed by atoms with Gasteiger partial charge in [-0.1, -0.05) is 6.08 Å². The Morgan fingerprint density at radius 3 is 2.81 bits per heavy atom. The molecule has 4 saturated heterocycles. The molecule has 7 bridgehead atoms. The maximum absolute atomic E-state index is 12.6. The highest BCUT2D eigenvalue weighted by molar-refractivity contribution is 5.92. The predicted molar refractivity (Wildman–Crippen MR) is 87.0 cm³/mol. The molecular weight excluding hydrogens is 340 g/mol. The Balaban J connectivity index is 1.54. The molecule has 0 radical (unpaired) electrons. The zero-order chi connectivity index (χ0) is 18.3. The molecule has 142 valence electrons. The van der Waals surface area contributed by atoms with Crippen molar-refractivity contribution in [3.8, 4) is 0 Å². The molecule has 26 heavy (non-hydrogen) atoms. The second kappa shape index (κ2) is 5.16. The SMILES string of the molecule is CC12CC(=O)[C@H](C[C@@]34CC(C/C=C5\C(=O)OC(C1)[C@H]5O)[C@@](C)(CO3)O4)O2. The molecule has 5 aliphatic rings. The van der Waals surface area contributed by atoms with Crippen LogP contribution in [0, 0.1) is 5.92 Å². The third kappa shape index (κ3) is 2.34. The number of esters is 1. The van der Waals surface area contributed by atoms with Crippen molar-refractivity contribution in [2.75, 3.05) is 6.61 Å². The molecule has 5 rings (SSSR count).